The van der Waals surface area contributed by atoms with Crippen molar-refractivity contribution < 1.29 is 0 Å². The number of benzene rings is 1. The zero-order valence-corrected chi connectivity index (χ0v) is 17.4. The largest absolute Gasteiger partial charge is 0.332 e. The van der Waals surface area contributed by atoms with Crippen molar-refractivity contribution in [3.8, 4) is 0 Å². The molecule has 1 aromatic carbocycles. The molecule has 1 aliphatic heterocycles. The molecule has 0 saturated heterocycles. The molecule has 0 unspecified atom stereocenters. The van der Waals surface area contributed by atoms with Crippen molar-refractivity contribution in [3.63, 3.8) is 0 Å². The van der Waals surface area contributed by atoms with Crippen LogP contribution in [0.25, 0.3) is 17.2 Å². The van der Waals surface area contributed by atoms with E-state index in [0.717, 1.165) is 16.8 Å². The standard InChI is InChI=1S/C22H24N6O2/c1-15(2)13-28-21-23-19-18(27(21)14-16(3)24-28)20(29)26(22(30)25(19)4)12-8-11-17-9-6-5-7-10-17/h5-11H,1,12-14H2,2-4H3/b11-8+. The van der Waals surface area contributed by atoms with E-state index in [1.54, 1.807) is 12.1 Å². The second-order valence-corrected chi connectivity index (χ2v) is 7.59. The number of aryl methyl sites for hydroxylation is 1. The predicted molar refractivity (Wildman–Crippen MR) is 120 cm³/mol. The van der Waals surface area contributed by atoms with Gasteiger partial charge in [0.1, 0.15) is 0 Å². The maximum absolute atomic E-state index is 13.3. The van der Waals surface area contributed by atoms with E-state index >= 15 is 0 Å². The molecule has 0 N–H and O–H groups in total. The van der Waals surface area contributed by atoms with E-state index in [9.17, 15) is 9.59 Å². The van der Waals surface area contributed by atoms with Gasteiger partial charge < -0.3 is 0 Å². The summed E-state index contributed by atoms with van der Waals surface area (Å²) in [6.07, 6.45) is 3.71. The van der Waals surface area contributed by atoms with Crippen molar-refractivity contribution >= 4 is 28.9 Å². The van der Waals surface area contributed by atoms with E-state index in [-0.39, 0.29) is 12.1 Å². The summed E-state index contributed by atoms with van der Waals surface area (Å²) in [6, 6.07) is 9.75. The molecule has 3 aromatic rings. The number of hydrazone groups is 1. The van der Waals surface area contributed by atoms with Gasteiger partial charge in [0.2, 0.25) is 5.95 Å². The molecule has 0 bridgehead atoms. The second-order valence-electron chi connectivity index (χ2n) is 7.59. The van der Waals surface area contributed by atoms with Crippen LogP contribution in [0.2, 0.25) is 0 Å². The maximum Gasteiger partial charge on any atom is 0.332 e. The van der Waals surface area contributed by atoms with Crippen molar-refractivity contribution in [1.29, 1.82) is 0 Å². The summed E-state index contributed by atoms with van der Waals surface area (Å²) in [5.41, 5.74) is 2.80. The van der Waals surface area contributed by atoms with Crippen molar-refractivity contribution in [2.24, 2.45) is 12.1 Å². The topological polar surface area (TPSA) is 77.4 Å². The van der Waals surface area contributed by atoms with Gasteiger partial charge in [-0.15, -0.1) is 0 Å². The van der Waals surface area contributed by atoms with Gasteiger partial charge in [0.25, 0.3) is 5.56 Å². The van der Waals surface area contributed by atoms with E-state index in [0.29, 0.717) is 30.2 Å². The molecule has 0 aliphatic carbocycles. The Balaban J connectivity index is 1.82. The highest BCUT2D eigenvalue weighted by Gasteiger charge is 2.26. The lowest BCUT2D eigenvalue weighted by atomic mass is 10.2. The molecule has 4 rings (SSSR count). The number of allylic oxidation sites excluding steroid dienone is 1. The molecule has 8 nitrogen and oxygen atoms in total. The Morgan fingerprint density at radius 1 is 1.23 bits per heavy atom. The Bertz CT molecular complexity index is 1310. The van der Waals surface area contributed by atoms with Gasteiger partial charge >= 0.3 is 5.69 Å². The van der Waals surface area contributed by atoms with Gasteiger partial charge in [-0.3, -0.25) is 18.5 Å². The molecule has 30 heavy (non-hydrogen) atoms. The van der Waals surface area contributed by atoms with Crippen LogP contribution in [0.15, 0.2) is 63.3 Å². The van der Waals surface area contributed by atoms with Gasteiger partial charge in [-0.1, -0.05) is 54.6 Å². The molecule has 2 aromatic heterocycles. The quantitative estimate of drug-likeness (QED) is 0.612. The zero-order chi connectivity index (χ0) is 21.4. The Morgan fingerprint density at radius 3 is 2.67 bits per heavy atom. The summed E-state index contributed by atoms with van der Waals surface area (Å²) in [7, 11) is 1.64. The van der Waals surface area contributed by atoms with Crippen LogP contribution >= 0.6 is 0 Å². The molecule has 0 radical (unpaired) electrons. The van der Waals surface area contributed by atoms with E-state index < -0.39 is 5.69 Å². The minimum Gasteiger partial charge on any atom is -0.297 e. The first kappa shape index (κ1) is 19.6. The first-order chi connectivity index (χ1) is 14.4. The van der Waals surface area contributed by atoms with Crippen LogP contribution in [0.3, 0.4) is 0 Å². The number of aromatic nitrogens is 4. The predicted octanol–water partition coefficient (Wildman–Crippen LogP) is 2.38. The van der Waals surface area contributed by atoms with Gasteiger partial charge in [-0.25, -0.2) is 9.80 Å². The fourth-order valence-electron chi connectivity index (χ4n) is 3.60. The Kier molecular flexibility index (Phi) is 4.99. The number of nitrogens with zero attached hydrogens (tertiary/aromatic N) is 6. The lowest BCUT2D eigenvalue weighted by molar-refractivity contribution is 0.664. The summed E-state index contributed by atoms with van der Waals surface area (Å²) >= 11 is 0. The molecule has 0 saturated carbocycles. The summed E-state index contributed by atoms with van der Waals surface area (Å²) in [4.78, 5) is 30.7. The normalized spacial score (nSPS) is 13.7. The average Bonchev–Trinajstić information content (AvgIpc) is 3.09. The highest BCUT2D eigenvalue weighted by Crippen LogP contribution is 2.24. The van der Waals surface area contributed by atoms with Gasteiger partial charge in [0.15, 0.2) is 11.2 Å². The van der Waals surface area contributed by atoms with Crippen LogP contribution in [0.1, 0.15) is 19.4 Å². The number of fused-ring (bicyclic) bond motifs is 3. The van der Waals surface area contributed by atoms with Crippen LogP contribution < -0.4 is 16.3 Å². The molecule has 0 fully saturated rings. The molecule has 3 heterocycles. The van der Waals surface area contributed by atoms with Crippen LogP contribution in [-0.4, -0.2) is 30.9 Å². The summed E-state index contributed by atoms with van der Waals surface area (Å²) in [6.45, 7) is 8.88. The Labute approximate surface area is 173 Å². The smallest absolute Gasteiger partial charge is 0.297 e. The highest BCUT2D eigenvalue weighted by molar-refractivity contribution is 5.87. The van der Waals surface area contributed by atoms with Crippen molar-refractivity contribution in [2.75, 3.05) is 11.6 Å². The highest BCUT2D eigenvalue weighted by atomic mass is 16.2. The van der Waals surface area contributed by atoms with Crippen LogP contribution in [0.4, 0.5) is 5.95 Å². The Hall–Kier alpha value is -3.68. The summed E-state index contributed by atoms with van der Waals surface area (Å²) in [5.74, 6) is 0.545. The molecule has 0 amide bonds. The first-order valence-electron chi connectivity index (χ1n) is 9.74. The molecular weight excluding hydrogens is 380 g/mol. The lowest BCUT2D eigenvalue weighted by Gasteiger charge is -2.24. The van der Waals surface area contributed by atoms with Gasteiger partial charge in [-0.05, 0) is 19.4 Å². The lowest BCUT2D eigenvalue weighted by Crippen LogP contribution is -2.39. The third kappa shape index (κ3) is 3.41. The van der Waals surface area contributed by atoms with E-state index in [2.05, 4.69) is 16.7 Å². The molecule has 0 atom stereocenters. The van der Waals surface area contributed by atoms with Crippen molar-refractivity contribution in [1.82, 2.24) is 18.7 Å². The van der Waals surface area contributed by atoms with E-state index in [1.807, 2.05) is 60.9 Å². The summed E-state index contributed by atoms with van der Waals surface area (Å²) in [5, 5.41) is 6.27. The monoisotopic (exact) mass is 404 g/mol. The minimum absolute atomic E-state index is 0.180. The number of anilines is 1. The van der Waals surface area contributed by atoms with E-state index in [4.69, 9.17) is 0 Å². The van der Waals surface area contributed by atoms with Crippen molar-refractivity contribution in [2.45, 2.75) is 26.9 Å². The molecule has 0 spiro atoms. The van der Waals surface area contributed by atoms with Gasteiger partial charge in [-0.2, -0.15) is 10.1 Å². The molecule has 8 heteroatoms. The van der Waals surface area contributed by atoms with Crippen molar-refractivity contribution in [3.05, 3.63) is 75.0 Å². The average molecular weight is 404 g/mol. The number of imidazole rings is 1. The number of hydrogen-bond acceptors (Lipinski definition) is 5. The summed E-state index contributed by atoms with van der Waals surface area (Å²) < 4.78 is 4.49. The fourth-order valence-corrected chi connectivity index (χ4v) is 3.60. The number of hydrogen-bond donors (Lipinski definition) is 0. The zero-order valence-electron chi connectivity index (χ0n) is 17.4. The van der Waals surface area contributed by atoms with Crippen LogP contribution in [0, 0.1) is 0 Å². The third-order valence-corrected chi connectivity index (χ3v) is 4.94. The fraction of sp³-hybridized carbons (Fsp3) is 0.273. The SMILES string of the molecule is C=C(C)CN1N=C(C)Cn2c1nc1c2c(=O)n(C/C=C/c2ccccc2)c(=O)n1C. The number of rotatable bonds is 5. The maximum atomic E-state index is 13.3. The second kappa shape index (κ2) is 7.62. The minimum atomic E-state index is -0.398. The van der Waals surface area contributed by atoms with E-state index in [1.165, 1.54) is 9.13 Å². The molecular formula is C22H24N6O2. The van der Waals surface area contributed by atoms with Crippen LogP contribution in [0.5, 0.6) is 0 Å². The van der Waals surface area contributed by atoms with Gasteiger partial charge in [0.05, 0.1) is 18.8 Å². The molecule has 1 aliphatic rings. The third-order valence-electron chi connectivity index (χ3n) is 4.94. The molecule has 154 valence electrons. The van der Waals surface area contributed by atoms with Crippen LogP contribution in [-0.2, 0) is 20.1 Å². The van der Waals surface area contributed by atoms with Gasteiger partial charge in [0, 0.05) is 13.6 Å². The first-order valence-corrected chi connectivity index (χ1v) is 9.74. The Morgan fingerprint density at radius 2 is 1.97 bits per heavy atom.